The maximum Gasteiger partial charge on any atom is 0.343 e. The second-order valence-corrected chi connectivity index (χ2v) is 3.51. The molecule has 0 N–H and O–H groups in total. The summed E-state index contributed by atoms with van der Waals surface area (Å²) in [5.74, 6) is 0.640. The first-order valence-corrected chi connectivity index (χ1v) is 5.44. The second-order valence-electron chi connectivity index (χ2n) is 3.51. The van der Waals surface area contributed by atoms with Gasteiger partial charge in [-0.3, -0.25) is 0 Å². The van der Waals surface area contributed by atoms with Crippen molar-refractivity contribution >= 4 is 5.97 Å². The maximum atomic E-state index is 11.9. The third-order valence-corrected chi connectivity index (χ3v) is 2.24. The monoisotopic (exact) mass is 240 g/mol. The molecule has 0 bridgehead atoms. The van der Waals surface area contributed by atoms with Crippen molar-refractivity contribution in [2.45, 2.75) is 0 Å². The van der Waals surface area contributed by atoms with Gasteiger partial charge in [-0.1, -0.05) is 30.8 Å². The van der Waals surface area contributed by atoms with Crippen LogP contribution in [0.5, 0.6) is 11.5 Å². The predicted molar refractivity (Wildman–Crippen MR) is 68.7 cm³/mol. The van der Waals surface area contributed by atoms with Crippen LogP contribution < -0.4 is 9.47 Å². The van der Waals surface area contributed by atoms with Crippen molar-refractivity contribution in [2.75, 3.05) is 0 Å². The topological polar surface area (TPSA) is 35.5 Å². The highest BCUT2D eigenvalue weighted by Gasteiger charge is 2.09. The van der Waals surface area contributed by atoms with E-state index in [-0.39, 0.29) is 0 Å². The quantitative estimate of drug-likeness (QED) is 0.466. The summed E-state index contributed by atoms with van der Waals surface area (Å²) in [6.07, 6.45) is 1.31. The van der Waals surface area contributed by atoms with Gasteiger partial charge in [0.2, 0.25) is 0 Å². The highest BCUT2D eigenvalue weighted by atomic mass is 16.5. The van der Waals surface area contributed by atoms with Crippen LogP contribution in [0, 0.1) is 0 Å². The maximum absolute atomic E-state index is 11.9. The van der Waals surface area contributed by atoms with Gasteiger partial charge >= 0.3 is 5.97 Å². The molecule has 0 heterocycles. The van der Waals surface area contributed by atoms with Gasteiger partial charge in [0.05, 0.1) is 11.8 Å². The number of hydrogen-bond donors (Lipinski definition) is 0. The molecule has 2 aromatic carbocycles. The molecule has 3 heteroatoms. The van der Waals surface area contributed by atoms with E-state index in [2.05, 4.69) is 6.58 Å². The van der Waals surface area contributed by atoms with Crippen LogP contribution in [-0.2, 0) is 0 Å². The summed E-state index contributed by atoms with van der Waals surface area (Å²) in [5, 5.41) is 0. The van der Waals surface area contributed by atoms with Crippen LogP contribution in [0.1, 0.15) is 10.4 Å². The van der Waals surface area contributed by atoms with Gasteiger partial charge < -0.3 is 9.47 Å². The van der Waals surface area contributed by atoms with Crippen molar-refractivity contribution in [3.63, 3.8) is 0 Å². The lowest BCUT2D eigenvalue weighted by Crippen LogP contribution is -2.08. The molecule has 0 aliphatic rings. The molecule has 0 spiro atoms. The SMILES string of the molecule is C=COc1cccc(C(=O)Oc2ccccc2)c1. The van der Waals surface area contributed by atoms with Gasteiger partial charge in [0.25, 0.3) is 0 Å². The smallest absolute Gasteiger partial charge is 0.343 e. The number of carbonyl (C=O) groups is 1. The molecule has 0 aromatic heterocycles. The van der Waals surface area contributed by atoms with E-state index in [1.807, 2.05) is 6.07 Å². The molecule has 0 atom stereocenters. The number of carbonyl (C=O) groups excluding carboxylic acids is 1. The average molecular weight is 240 g/mol. The molecule has 0 amide bonds. The summed E-state index contributed by atoms with van der Waals surface area (Å²) in [4.78, 5) is 11.9. The molecule has 2 rings (SSSR count). The van der Waals surface area contributed by atoms with Crippen molar-refractivity contribution in [1.29, 1.82) is 0 Å². The summed E-state index contributed by atoms with van der Waals surface area (Å²) in [6.45, 7) is 3.46. The number of hydrogen-bond acceptors (Lipinski definition) is 3. The number of para-hydroxylation sites is 1. The molecule has 0 radical (unpaired) electrons. The van der Waals surface area contributed by atoms with Crippen LogP contribution in [0.3, 0.4) is 0 Å². The number of rotatable bonds is 4. The molecule has 2 aromatic rings. The fourth-order valence-electron chi connectivity index (χ4n) is 1.45. The second kappa shape index (κ2) is 5.68. The van der Waals surface area contributed by atoms with Crippen LogP contribution in [0.15, 0.2) is 67.4 Å². The minimum Gasteiger partial charge on any atom is -0.466 e. The minimum absolute atomic E-state index is 0.421. The van der Waals surface area contributed by atoms with Crippen LogP contribution in [-0.4, -0.2) is 5.97 Å². The summed E-state index contributed by atoms with van der Waals surface area (Å²) < 4.78 is 10.3. The normalized spacial score (nSPS) is 9.56. The fraction of sp³-hybridized carbons (Fsp3) is 0. The highest BCUT2D eigenvalue weighted by molar-refractivity contribution is 5.91. The third-order valence-electron chi connectivity index (χ3n) is 2.24. The number of benzene rings is 2. The minimum atomic E-state index is -0.421. The molecule has 0 fully saturated rings. The van der Waals surface area contributed by atoms with Gasteiger partial charge in [-0.2, -0.15) is 0 Å². The van der Waals surface area contributed by atoms with Crippen LogP contribution >= 0.6 is 0 Å². The Morgan fingerprint density at radius 1 is 1.00 bits per heavy atom. The Labute approximate surface area is 105 Å². The average Bonchev–Trinajstić information content (AvgIpc) is 2.40. The van der Waals surface area contributed by atoms with E-state index in [9.17, 15) is 4.79 Å². The van der Waals surface area contributed by atoms with Crippen molar-refractivity contribution in [3.8, 4) is 11.5 Å². The number of ether oxygens (including phenoxy) is 2. The third kappa shape index (κ3) is 2.98. The highest BCUT2D eigenvalue weighted by Crippen LogP contribution is 2.16. The molecule has 90 valence electrons. The van der Waals surface area contributed by atoms with Crippen molar-refractivity contribution in [1.82, 2.24) is 0 Å². The van der Waals surface area contributed by atoms with Crippen molar-refractivity contribution in [3.05, 3.63) is 73.0 Å². The van der Waals surface area contributed by atoms with Crippen LogP contribution in [0.25, 0.3) is 0 Å². The molecule has 0 saturated heterocycles. The number of esters is 1. The molecule has 3 nitrogen and oxygen atoms in total. The Morgan fingerprint density at radius 3 is 2.44 bits per heavy atom. The Hall–Kier alpha value is -2.55. The van der Waals surface area contributed by atoms with E-state index in [1.54, 1.807) is 48.5 Å². The predicted octanol–water partition coefficient (Wildman–Crippen LogP) is 3.43. The lowest BCUT2D eigenvalue weighted by atomic mass is 10.2. The molecule has 0 saturated carbocycles. The summed E-state index contributed by atoms with van der Waals surface area (Å²) in [6, 6.07) is 15.6. The summed E-state index contributed by atoms with van der Waals surface area (Å²) in [7, 11) is 0. The molecule has 0 unspecified atom stereocenters. The van der Waals surface area contributed by atoms with Crippen molar-refractivity contribution in [2.24, 2.45) is 0 Å². The van der Waals surface area contributed by atoms with E-state index in [4.69, 9.17) is 9.47 Å². The molecule has 18 heavy (non-hydrogen) atoms. The lowest BCUT2D eigenvalue weighted by Gasteiger charge is -2.05. The molecular formula is C15H12O3. The van der Waals surface area contributed by atoms with Gasteiger partial charge in [-0.15, -0.1) is 0 Å². The molecule has 0 aliphatic heterocycles. The zero-order valence-corrected chi connectivity index (χ0v) is 9.71. The zero-order valence-electron chi connectivity index (χ0n) is 9.71. The lowest BCUT2D eigenvalue weighted by molar-refractivity contribution is 0.0734. The largest absolute Gasteiger partial charge is 0.466 e. The summed E-state index contributed by atoms with van der Waals surface area (Å²) >= 11 is 0. The Balaban J connectivity index is 2.13. The van der Waals surface area contributed by atoms with Crippen LogP contribution in [0.2, 0.25) is 0 Å². The standard InChI is InChI=1S/C15H12O3/c1-2-17-14-10-6-7-12(11-14)15(16)18-13-8-4-3-5-9-13/h2-11H,1H2. The Kier molecular flexibility index (Phi) is 3.76. The van der Waals surface area contributed by atoms with Crippen LogP contribution in [0.4, 0.5) is 0 Å². The van der Waals surface area contributed by atoms with Gasteiger partial charge in [-0.25, -0.2) is 4.79 Å². The van der Waals surface area contributed by atoms with E-state index in [0.29, 0.717) is 17.1 Å². The Bertz CT molecular complexity index is 547. The van der Waals surface area contributed by atoms with E-state index < -0.39 is 5.97 Å². The first-order valence-electron chi connectivity index (χ1n) is 5.44. The van der Waals surface area contributed by atoms with Crippen molar-refractivity contribution < 1.29 is 14.3 Å². The fourth-order valence-corrected chi connectivity index (χ4v) is 1.45. The molecule has 0 aliphatic carbocycles. The van der Waals surface area contributed by atoms with Gasteiger partial charge in [-0.05, 0) is 30.3 Å². The van der Waals surface area contributed by atoms with E-state index in [1.165, 1.54) is 6.26 Å². The van der Waals surface area contributed by atoms with E-state index >= 15 is 0 Å². The van der Waals surface area contributed by atoms with Gasteiger partial charge in [0.1, 0.15) is 11.5 Å². The van der Waals surface area contributed by atoms with Gasteiger partial charge in [0.15, 0.2) is 0 Å². The first kappa shape index (κ1) is 11.9. The van der Waals surface area contributed by atoms with Gasteiger partial charge in [0, 0.05) is 0 Å². The molecular weight excluding hydrogens is 228 g/mol. The first-order chi connectivity index (χ1) is 8.79. The summed E-state index contributed by atoms with van der Waals surface area (Å²) in [5.41, 5.74) is 0.429. The zero-order chi connectivity index (χ0) is 12.8. The Morgan fingerprint density at radius 2 is 1.72 bits per heavy atom. The van der Waals surface area contributed by atoms with E-state index in [0.717, 1.165) is 0 Å².